The minimum absolute atomic E-state index is 0.0103. The minimum Gasteiger partial charge on any atom is -0.347 e. The lowest BCUT2D eigenvalue weighted by Gasteiger charge is -2.38. The van der Waals surface area contributed by atoms with Gasteiger partial charge in [-0.2, -0.15) is 4.58 Å². The highest BCUT2D eigenvalue weighted by atomic mass is 15.2. The van der Waals surface area contributed by atoms with E-state index < -0.39 is 0 Å². The van der Waals surface area contributed by atoms with Crippen LogP contribution in [0.1, 0.15) is 66.5 Å². The number of rotatable bonds is 4. The van der Waals surface area contributed by atoms with Gasteiger partial charge in [-0.1, -0.05) is 127 Å². The molecule has 0 saturated heterocycles. The molecule has 0 spiro atoms. The zero-order valence-electron chi connectivity index (χ0n) is 29.9. The zero-order chi connectivity index (χ0) is 33.5. The van der Waals surface area contributed by atoms with E-state index in [9.17, 15) is 0 Å². The number of hydrogen-bond acceptors (Lipinski definition) is 1. The third-order valence-corrected chi connectivity index (χ3v) is 12.2. The predicted molar refractivity (Wildman–Crippen MR) is 203 cm³/mol. The van der Waals surface area contributed by atoms with Gasteiger partial charge in [0.2, 0.25) is 5.69 Å². The molecule has 0 bridgehead atoms. The second-order valence-electron chi connectivity index (χ2n) is 15.9. The van der Waals surface area contributed by atoms with E-state index in [1.54, 1.807) is 0 Å². The summed E-state index contributed by atoms with van der Waals surface area (Å²) in [6.07, 6.45) is 16.3. The maximum absolute atomic E-state index is 2.42. The Morgan fingerprint density at radius 1 is 0.617 bits per heavy atom. The molecule has 0 N–H and O–H groups in total. The van der Waals surface area contributed by atoms with Crippen LogP contribution in [0.25, 0.3) is 21.5 Å². The molecule has 0 fully saturated rings. The van der Waals surface area contributed by atoms with Gasteiger partial charge in [-0.3, -0.25) is 0 Å². The van der Waals surface area contributed by atoms with Crippen LogP contribution >= 0.6 is 0 Å². The summed E-state index contributed by atoms with van der Waals surface area (Å²) in [6.45, 7) is 19.0. The van der Waals surface area contributed by atoms with Crippen molar-refractivity contribution in [1.82, 2.24) is 0 Å². The summed E-state index contributed by atoms with van der Waals surface area (Å²) in [5.74, 6) is 0. The Hall–Kier alpha value is -4.43. The zero-order valence-corrected chi connectivity index (χ0v) is 29.9. The largest absolute Gasteiger partial charge is 0.347 e. The first kappa shape index (κ1) is 31.2. The van der Waals surface area contributed by atoms with E-state index in [2.05, 4.69) is 194 Å². The van der Waals surface area contributed by atoms with Crippen LogP contribution in [-0.4, -0.2) is 24.4 Å². The Labute approximate surface area is 281 Å². The van der Waals surface area contributed by atoms with E-state index in [4.69, 9.17) is 0 Å². The summed E-state index contributed by atoms with van der Waals surface area (Å²) in [7, 11) is 4.41. The van der Waals surface area contributed by atoms with Crippen LogP contribution in [0.3, 0.4) is 0 Å². The predicted octanol–water partition coefficient (Wildman–Crippen LogP) is 11.3. The molecule has 2 aliphatic heterocycles. The summed E-state index contributed by atoms with van der Waals surface area (Å²) in [5.41, 5.74) is 10.6. The highest BCUT2D eigenvalue weighted by Crippen LogP contribution is 2.56. The summed E-state index contributed by atoms with van der Waals surface area (Å²) in [6, 6.07) is 26.6. The lowest BCUT2D eigenvalue weighted by molar-refractivity contribution is -0.401. The first-order valence-electron chi connectivity index (χ1n) is 17.1. The van der Waals surface area contributed by atoms with Crippen molar-refractivity contribution in [3.63, 3.8) is 0 Å². The fourth-order valence-electron chi connectivity index (χ4n) is 8.64. The summed E-state index contributed by atoms with van der Waals surface area (Å²) in [4.78, 5) is 2.38. The molecule has 4 aromatic rings. The molecule has 2 heteroatoms. The molecule has 2 heterocycles. The first-order chi connectivity index (χ1) is 22.2. The van der Waals surface area contributed by atoms with Crippen molar-refractivity contribution in [3.05, 3.63) is 143 Å². The van der Waals surface area contributed by atoms with Crippen LogP contribution in [-0.2, 0) is 10.8 Å². The Morgan fingerprint density at radius 2 is 1.21 bits per heavy atom. The molecule has 0 aromatic heterocycles. The molecular formula is C45H49N2+. The molecule has 0 amide bonds. The third kappa shape index (κ3) is 4.48. The van der Waals surface area contributed by atoms with Gasteiger partial charge >= 0.3 is 0 Å². The number of benzene rings is 4. The van der Waals surface area contributed by atoms with Crippen molar-refractivity contribution < 1.29 is 4.58 Å². The van der Waals surface area contributed by atoms with Gasteiger partial charge in [0.05, 0.1) is 5.41 Å². The van der Waals surface area contributed by atoms with Gasteiger partial charge in [0.25, 0.3) is 0 Å². The van der Waals surface area contributed by atoms with Crippen molar-refractivity contribution in [2.45, 2.75) is 66.2 Å². The number of hydrogen-bond donors (Lipinski definition) is 0. The molecule has 238 valence electrons. The van der Waals surface area contributed by atoms with Crippen LogP contribution in [0.4, 0.5) is 11.4 Å². The molecule has 3 aliphatic rings. The smallest absolute Gasteiger partial charge is 0.210 e. The van der Waals surface area contributed by atoms with Gasteiger partial charge in [-0.05, 0) is 81.1 Å². The number of likely N-dealkylation sites (N-methyl/N-ethyl adjacent to an activating group) is 1. The molecule has 0 radical (unpaired) electrons. The highest BCUT2D eigenvalue weighted by Gasteiger charge is 2.46. The van der Waals surface area contributed by atoms with Crippen molar-refractivity contribution in [1.29, 1.82) is 0 Å². The summed E-state index contributed by atoms with van der Waals surface area (Å²) in [5, 5.41) is 5.30. The van der Waals surface area contributed by atoms with Crippen LogP contribution in [0.15, 0.2) is 132 Å². The average Bonchev–Trinajstić information content (AvgIpc) is 3.44. The quantitative estimate of drug-likeness (QED) is 0.207. The number of allylic oxidation sites excluding steroid dienone is 10. The van der Waals surface area contributed by atoms with Crippen LogP contribution < -0.4 is 4.90 Å². The second kappa shape index (κ2) is 10.5. The molecule has 2 nitrogen and oxygen atoms in total. The van der Waals surface area contributed by atoms with Crippen LogP contribution in [0.5, 0.6) is 0 Å². The minimum atomic E-state index is -0.0885. The number of anilines is 1. The molecule has 7 rings (SSSR count). The second-order valence-corrected chi connectivity index (χ2v) is 15.9. The van der Waals surface area contributed by atoms with E-state index in [0.29, 0.717) is 0 Å². The lowest BCUT2D eigenvalue weighted by atomic mass is 9.66. The Balaban J connectivity index is 1.19. The van der Waals surface area contributed by atoms with Gasteiger partial charge in [0, 0.05) is 41.6 Å². The lowest BCUT2D eigenvalue weighted by Crippen LogP contribution is -2.30. The van der Waals surface area contributed by atoms with E-state index >= 15 is 0 Å². The standard InChI is InChI=1S/C45H49N2/c1-42(2)38(46(9)36-27-25-30-17-11-13-21-34(30)40(36)42)23-15-19-32-29-33(45(7,8)44(32,5)6)20-16-24-39-43(3,4)41-35-22-14-12-18-31(35)26-28-37(41)47(39)10/h11-29H,1-10H3/q+1. The van der Waals surface area contributed by atoms with Crippen molar-refractivity contribution >= 4 is 38.6 Å². The van der Waals surface area contributed by atoms with E-state index in [-0.39, 0.29) is 21.7 Å². The molecule has 4 aromatic carbocycles. The molecule has 1 aliphatic carbocycles. The molecule has 47 heavy (non-hydrogen) atoms. The number of fused-ring (bicyclic) bond motifs is 6. The highest BCUT2D eigenvalue weighted by molar-refractivity contribution is 6.07. The summed E-state index contributed by atoms with van der Waals surface area (Å²) >= 11 is 0. The molecular weight excluding hydrogens is 569 g/mol. The average molecular weight is 618 g/mol. The van der Waals surface area contributed by atoms with Gasteiger partial charge < -0.3 is 4.90 Å². The van der Waals surface area contributed by atoms with Gasteiger partial charge in [-0.15, -0.1) is 0 Å². The molecule has 0 saturated carbocycles. The van der Waals surface area contributed by atoms with Crippen molar-refractivity contribution in [3.8, 4) is 0 Å². The first-order valence-corrected chi connectivity index (χ1v) is 17.1. The van der Waals surface area contributed by atoms with E-state index in [0.717, 1.165) is 0 Å². The van der Waals surface area contributed by atoms with Crippen molar-refractivity contribution in [2.75, 3.05) is 19.0 Å². The maximum atomic E-state index is 2.42. The molecule has 0 atom stereocenters. The van der Waals surface area contributed by atoms with E-state index in [1.165, 1.54) is 66.6 Å². The SMILES string of the molecule is CN1/C(=C/C=C/C2=CC(=C/C=C/C3=[N+](C)c4ccc5ccccc5c4C3(C)C)/C(C)(C)C2(C)C)C(C)(C)c2c1ccc1ccccc21. The molecule has 0 unspecified atom stereocenters. The summed E-state index contributed by atoms with van der Waals surface area (Å²) < 4.78 is 2.38. The Kier molecular flexibility index (Phi) is 6.99. The van der Waals surface area contributed by atoms with Crippen molar-refractivity contribution in [2.24, 2.45) is 10.8 Å². The van der Waals surface area contributed by atoms with Gasteiger partial charge in [0.1, 0.15) is 7.05 Å². The third-order valence-electron chi connectivity index (χ3n) is 12.2. The fraction of sp³-hybridized carbons (Fsp3) is 0.311. The van der Waals surface area contributed by atoms with Gasteiger partial charge in [-0.25, -0.2) is 0 Å². The van der Waals surface area contributed by atoms with E-state index in [1.807, 2.05) is 0 Å². The van der Waals surface area contributed by atoms with Crippen LogP contribution in [0.2, 0.25) is 0 Å². The maximum Gasteiger partial charge on any atom is 0.210 e. The monoisotopic (exact) mass is 617 g/mol. The topological polar surface area (TPSA) is 6.25 Å². The number of nitrogens with zero attached hydrogens (tertiary/aromatic N) is 2. The fourth-order valence-corrected chi connectivity index (χ4v) is 8.64. The Morgan fingerprint density at radius 3 is 1.89 bits per heavy atom. The Bertz CT molecular complexity index is 2150. The normalized spacial score (nSPS) is 22.4. The van der Waals surface area contributed by atoms with Crippen LogP contribution in [0, 0.1) is 10.8 Å². The van der Waals surface area contributed by atoms with Gasteiger partial charge in [0.15, 0.2) is 5.71 Å².